The average molecular weight is 473 g/mol. The molecule has 0 radical (unpaired) electrons. The van der Waals surface area contributed by atoms with E-state index in [2.05, 4.69) is 22.1 Å². The van der Waals surface area contributed by atoms with Crippen LogP contribution in [0.2, 0.25) is 0 Å². The first-order valence-electron chi connectivity index (χ1n) is 11.6. The number of imidazole rings is 1. The molecule has 0 spiro atoms. The van der Waals surface area contributed by atoms with Crippen molar-refractivity contribution >= 4 is 29.0 Å². The Morgan fingerprint density at radius 1 is 0.971 bits per heavy atom. The Balaban J connectivity index is 1.16. The first kappa shape index (κ1) is 22.3. The number of aromatic nitrogens is 2. The zero-order valence-electron chi connectivity index (χ0n) is 19.3. The number of fused-ring (bicyclic) bond motifs is 1. The van der Waals surface area contributed by atoms with Crippen LogP contribution in [0.3, 0.4) is 0 Å². The van der Waals surface area contributed by atoms with Gasteiger partial charge in [-0.2, -0.15) is 0 Å². The number of nitrogens with zero attached hydrogens (tertiary/aromatic N) is 4. The van der Waals surface area contributed by atoms with Crippen LogP contribution in [0.1, 0.15) is 23.0 Å². The number of para-hydroxylation sites is 2. The molecule has 5 rings (SSSR count). The fourth-order valence-corrected chi connectivity index (χ4v) is 5.02. The number of benzene rings is 2. The maximum absolute atomic E-state index is 13.1. The van der Waals surface area contributed by atoms with E-state index < -0.39 is 0 Å². The molecule has 0 unspecified atom stereocenters. The lowest BCUT2D eigenvalue weighted by Gasteiger charge is -2.36. The minimum Gasteiger partial charge on any atom is -0.492 e. The molecular formula is C27H28N4O2S. The van der Waals surface area contributed by atoms with Gasteiger partial charge >= 0.3 is 0 Å². The highest BCUT2D eigenvalue weighted by Gasteiger charge is 2.23. The average Bonchev–Trinajstić information content (AvgIpc) is 3.31. The number of rotatable bonds is 7. The zero-order chi connectivity index (χ0) is 23.3. The molecule has 2 aromatic carbocycles. The molecule has 1 amide bonds. The number of carbonyl (C=O) groups is 1. The summed E-state index contributed by atoms with van der Waals surface area (Å²) in [6.45, 7) is 5.62. The Bertz CT molecular complexity index is 1230. The monoisotopic (exact) mass is 472 g/mol. The number of ether oxygens (including phenoxy) is 1. The van der Waals surface area contributed by atoms with Gasteiger partial charge in [0.15, 0.2) is 0 Å². The summed E-state index contributed by atoms with van der Waals surface area (Å²) < 4.78 is 7.81. The van der Waals surface area contributed by atoms with Crippen molar-refractivity contribution in [1.29, 1.82) is 0 Å². The van der Waals surface area contributed by atoms with Gasteiger partial charge in [-0.3, -0.25) is 4.79 Å². The SMILES string of the molecule is CCOc1ccccc1N1CCN(C(=O)c2ccc(SCc3cn4ccccc4n3)cc2)CC1. The summed E-state index contributed by atoms with van der Waals surface area (Å²) in [4.78, 5) is 23.1. The molecule has 4 aromatic rings. The predicted molar refractivity (Wildman–Crippen MR) is 137 cm³/mol. The molecule has 0 saturated carbocycles. The molecule has 0 bridgehead atoms. The van der Waals surface area contributed by atoms with Crippen LogP contribution >= 0.6 is 11.8 Å². The molecule has 0 N–H and O–H groups in total. The van der Waals surface area contributed by atoms with Crippen LogP contribution in [0.15, 0.2) is 84.0 Å². The largest absolute Gasteiger partial charge is 0.492 e. The van der Waals surface area contributed by atoms with Gasteiger partial charge in [0.05, 0.1) is 18.0 Å². The van der Waals surface area contributed by atoms with Crippen LogP contribution in [0, 0.1) is 0 Å². The van der Waals surface area contributed by atoms with E-state index in [-0.39, 0.29) is 5.91 Å². The van der Waals surface area contributed by atoms with Crippen molar-refractivity contribution in [1.82, 2.24) is 14.3 Å². The van der Waals surface area contributed by atoms with Crippen molar-refractivity contribution in [3.63, 3.8) is 0 Å². The maximum atomic E-state index is 13.1. The van der Waals surface area contributed by atoms with Crippen LogP contribution in [-0.4, -0.2) is 53.0 Å². The summed E-state index contributed by atoms with van der Waals surface area (Å²) in [5, 5.41) is 0. The summed E-state index contributed by atoms with van der Waals surface area (Å²) in [7, 11) is 0. The first-order valence-corrected chi connectivity index (χ1v) is 12.6. The molecule has 1 fully saturated rings. The summed E-state index contributed by atoms with van der Waals surface area (Å²) in [6.07, 6.45) is 4.07. The third-order valence-electron chi connectivity index (χ3n) is 5.97. The Morgan fingerprint density at radius 3 is 2.50 bits per heavy atom. The highest BCUT2D eigenvalue weighted by Crippen LogP contribution is 2.29. The van der Waals surface area contributed by atoms with Crippen molar-refractivity contribution in [3.8, 4) is 5.75 Å². The van der Waals surface area contributed by atoms with Crippen molar-refractivity contribution in [3.05, 3.63) is 90.4 Å². The predicted octanol–water partition coefficient (Wildman–Crippen LogP) is 4.99. The van der Waals surface area contributed by atoms with E-state index >= 15 is 0 Å². The molecule has 174 valence electrons. The maximum Gasteiger partial charge on any atom is 0.253 e. The number of piperazine rings is 1. The van der Waals surface area contributed by atoms with E-state index in [0.717, 1.165) is 52.1 Å². The normalized spacial score (nSPS) is 13.9. The fourth-order valence-electron chi connectivity index (χ4n) is 4.24. The molecule has 1 saturated heterocycles. The Labute approximate surface area is 204 Å². The summed E-state index contributed by atoms with van der Waals surface area (Å²) in [5.74, 6) is 1.79. The molecule has 7 heteroatoms. The van der Waals surface area contributed by atoms with Crippen LogP contribution in [0.5, 0.6) is 5.75 Å². The topological polar surface area (TPSA) is 50.1 Å². The van der Waals surface area contributed by atoms with Crippen LogP contribution in [0.4, 0.5) is 5.69 Å². The lowest BCUT2D eigenvalue weighted by atomic mass is 10.1. The smallest absolute Gasteiger partial charge is 0.253 e. The summed E-state index contributed by atoms with van der Waals surface area (Å²) in [6, 6.07) is 22.1. The standard InChI is InChI=1S/C27H28N4O2S/c1-2-33-25-8-4-3-7-24(25)29-15-17-30(18-16-29)27(32)21-10-12-23(13-11-21)34-20-22-19-31-14-6-5-9-26(31)28-22/h3-14,19H,2,15-18,20H2,1H3. The van der Waals surface area contributed by atoms with Crippen molar-refractivity contribution < 1.29 is 9.53 Å². The molecular weight excluding hydrogens is 444 g/mol. The van der Waals surface area contributed by atoms with Crippen LogP contribution in [0.25, 0.3) is 5.65 Å². The van der Waals surface area contributed by atoms with E-state index in [1.165, 1.54) is 0 Å². The third kappa shape index (κ3) is 4.89. The van der Waals surface area contributed by atoms with Gasteiger partial charge in [0.2, 0.25) is 0 Å². The fraction of sp³-hybridized carbons (Fsp3) is 0.259. The number of hydrogen-bond acceptors (Lipinski definition) is 5. The molecule has 0 aliphatic carbocycles. The lowest BCUT2D eigenvalue weighted by molar-refractivity contribution is 0.0746. The highest BCUT2D eigenvalue weighted by molar-refractivity contribution is 7.98. The Kier molecular flexibility index (Phi) is 6.72. The van der Waals surface area contributed by atoms with Crippen molar-refractivity contribution in [2.24, 2.45) is 0 Å². The molecule has 6 nitrogen and oxygen atoms in total. The van der Waals surface area contributed by atoms with Crippen LogP contribution in [-0.2, 0) is 5.75 Å². The second kappa shape index (κ2) is 10.2. The van der Waals surface area contributed by atoms with Gasteiger partial charge in [0, 0.05) is 54.8 Å². The van der Waals surface area contributed by atoms with E-state index in [9.17, 15) is 4.79 Å². The molecule has 1 aliphatic rings. The highest BCUT2D eigenvalue weighted by atomic mass is 32.2. The first-order chi connectivity index (χ1) is 16.7. The Hall–Kier alpha value is -3.45. The summed E-state index contributed by atoms with van der Waals surface area (Å²) in [5.41, 5.74) is 3.84. The van der Waals surface area contributed by atoms with Gasteiger partial charge in [-0.1, -0.05) is 18.2 Å². The summed E-state index contributed by atoms with van der Waals surface area (Å²) >= 11 is 1.73. The molecule has 0 atom stereocenters. The number of hydrogen-bond donors (Lipinski definition) is 0. The molecule has 3 heterocycles. The number of thioether (sulfide) groups is 1. The van der Waals surface area contributed by atoms with Gasteiger partial charge in [-0.05, 0) is 55.5 Å². The van der Waals surface area contributed by atoms with Gasteiger partial charge in [-0.15, -0.1) is 11.8 Å². The van der Waals surface area contributed by atoms with E-state index in [0.29, 0.717) is 19.7 Å². The third-order valence-corrected chi connectivity index (χ3v) is 7.02. The minimum absolute atomic E-state index is 0.0923. The number of anilines is 1. The minimum atomic E-state index is 0.0923. The second-order valence-corrected chi connectivity index (χ2v) is 9.24. The van der Waals surface area contributed by atoms with Crippen molar-refractivity contribution in [2.45, 2.75) is 17.6 Å². The lowest BCUT2D eigenvalue weighted by Crippen LogP contribution is -2.48. The van der Waals surface area contributed by atoms with E-state index in [1.807, 2.05) is 83.1 Å². The van der Waals surface area contributed by atoms with E-state index in [1.54, 1.807) is 11.8 Å². The van der Waals surface area contributed by atoms with Crippen molar-refractivity contribution in [2.75, 3.05) is 37.7 Å². The van der Waals surface area contributed by atoms with Crippen LogP contribution < -0.4 is 9.64 Å². The number of carbonyl (C=O) groups excluding carboxylic acids is 1. The van der Waals surface area contributed by atoms with Gasteiger partial charge in [-0.25, -0.2) is 4.98 Å². The Morgan fingerprint density at radius 2 is 1.74 bits per heavy atom. The quantitative estimate of drug-likeness (QED) is 0.355. The number of pyridine rings is 1. The number of amides is 1. The van der Waals surface area contributed by atoms with Gasteiger partial charge in [0.25, 0.3) is 5.91 Å². The molecule has 2 aromatic heterocycles. The zero-order valence-corrected chi connectivity index (χ0v) is 20.1. The van der Waals surface area contributed by atoms with Gasteiger partial charge in [0.1, 0.15) is 11.4 Å². The van der Waals surface area contributed by atoms with Gasteiger partial charge < -0.3 is 18.9 Å². The second-order valence-electron chi connectivity index (χ2n) is 8.19. The van der Waals surface area contributed by atoms with E-state index in [4.69, 9.17) is 4.74 Å². The molecule has 34 heavy (non-hydrogen) atoms. The molecule has 1 aliphatic heterocycles.